The summed E-state index contributed by atoms with van der Waals surface area (Å²) >= 11 is 1.48. The van der Waals surface area contributed by atoms with E-state index >= 15 is 0 Å². The van der Waals surface area contributed by atoms with Crippen molar-refractivity contribution >= 4 is 17.3 Å². The van der Waals surface area contributed by atoms with E-state index < -0.39 is 23.1 Å². The van der Waals surface area contributed by atoms with Crippen molar-refractivity contribution in [1.82, 2.24) is 4.90 Å². The summed E-state index contributed by atoms with van der Waals surface area (Å²) in [6.45, 7) is 2.46. The van der Waals surface area contributed by atoms with Crippen LogP contribution in [0.2, 0.25) is 0 Å². The van der Waals surface area contributed by atoms with Crippen LogP contribution < -0.4 is 5.43 Å². The zero-order chi connectivity index (χ0) is 18.5. The summed E-state index contributed by atoms with van der Waals surface area (Å²) in [4.78, 5) is 26.4. The molecule has 0 aromatic carbocycles. The standard InChI is InChI=1S/C19H23NO5S/c1-24-17(22)10-15(13-5-8-26-12-13)19-18(23)16(21)9-14(25-19)11-20-6-3-2-4-7-20/h5,8-9,12,15,23H,2-4,6-7,10-11H2,1H3. The van der Waals surface area contributed by atoms with Gasteiger partial charge in [0.05, 0.1) is 26.0 Å². The minimum absolute atomic E-state index is 0.00307. The second kappa shape index (κ2) is 8.51. The monoisotopic (exact) mass is 377 g/mol. The fraction of sp³-hybridized carbons (Fsp3) is 0.474. The van der Waals surface area contributed by atoms with Gasteiger partial charge in [0.25, 0.3) is 0 Å². The Kier molecular flexibility index (Phi) is 6.11. The normalized spacial score (nSPS) is 16.3. The summed E-state index contributed by atoms with van der Waals surface area (Å²) in [6.07, 6.45) is 3.49. The molecule has 3 heterocycles. The molecule has 1 aliphatic rings. The molecule has 0 saturated carbocycles. The molecule has 1 atom stereocenters. The molecule has 0 aliphatic carbocycles. The molecule has 0 radical (unpaired) electrons. The summed E-state index contributed by atoms with van der Waals surface area (Å²) in [5.74, 6) is -0.775. The molecule has 3 rings (SSSR count). The van der Waals surface area contributed by atoms with Gasteiger partial charge in [-0.2, -0.15) is 11.3 Å². The topological polar surface area (TPSA) is 80.0 Å². The number of nitrogens with zero attached hydrogens (tertiary/aromatic N) is 1. The predicted octanol–water partition coefficient (Wildman–Crippen LogP) is 3.09. The molecule has 2 aromatic rings. The Hall–Kier alpha value is -2.12. The first-order chi connectivity index (χ1) is 12.6. The lowest BCUT2D eigenvalue weighted by Crippen LogP contribution is -2.29. The SMILES string of the molecule is COC(=O)CC(c1ccsc1)c1oc(CN2CCCCC2)cc(=O)c1O. The number of thiophene rings is 1. The van der Waals surface area contributed by atoms with E-state index in [4.69, 9.17) is 9.15 Å². The molecule has 1 unspecified atom stereocenters. The van der Waals surface area contributed by atoms with Gasteiger partial charge in [-0.15, -0.1) is 0 Å². The number of hydrogen-bond acceptors (Lipinski definition) is 7. The van der Waals surface area contributed by atoms with Crippen molar-refractivity contribution in [2.24, 2.45) is 0 Å². The fourth-order valence-electron chi connectivity index (χ4n) is 3.29. The van der Waals surface area contributed by atoms with Crippen LogP contribution in [0.3, 0.4) is 0 Å². The van der Waals surface area contributed by atoms with Crippen molar-refractivity contribution in [2.75, 3.05) is 20.2 Å². The van der Waals surface area contributed by atoms with Crippen LogP contribution >= 0.6 is 11.3 Å². The van der Waals surface area contributed by atoms with Crippen LogP contribution in [0.5, 0.6) is 5.75 Å². The third-order valence-electron chi connectivity index (χ3n) is 4.69. The number of rotatable bonds is 6. The quantitative estimate of drug-likeness (QED) is 0.779. The highest BCUT2D eigenvalue weighted by molar-refractivity contribution is 7.08. The van der Waals surface area contributed by atoms with E-state index in [1.165, 1.54) is 30.9 Å². The Labute approximate surface area is 156 Å². The Morgan fingerprint density at radius 3 is 2.81 bits per heavy atom. The van der Waals surface area contributed by atoms with Gasteiger partial charge in [0.2, 0.25) is 11.2 Å². The van der Waals surface area contributed by atoms with Gasteiger partial charge in [-0.1, -0.05) is 6.42 Å². The average molecular weight is 377 g/mol. The van der Waals surface area contributed by atoms with Crippen molar-refractivity contribution in [3.8, 4) is 5.75 Å². The Bertz CT molecular complexity index is 793. The molecule has 1 fully saturated rings. The molecule has 7 heteroatoms. The minimum Gasteiger partial charge on any atom is -0.502 e. The third-order valence-corrected chi connectivity index (χ3v) is 5.39. The molecular weight excluding hydrogens is 354 g/mol. The van der Waals surface area contributed by atoms with Crippen LogP contribution in [0.1, 0.15) is 48.7 Å². The summed E-state index contributed by atoms with van der Waals surface area (Å²) < 4.78 is 10.7. The van der Waals surface area contributed by atoms with Crippen molar-refractivity contribution in [3.05, 3.63) is 50.2 Å². The number of ether oxygens (including phenoxy) is 1. The zero-order valence-corrected chi connectivity index (χ0v) is 15.6. The first-order valence-electron chi connectivity index (χ1n) is 8.75. The number of aromatic hydroxyl groups is 1. The maximum Gasteiger partial charge on any atom is 0.306 e. The zero-order valence-electron chi connectivity index (χ0n) is 14.8. The average Bonchev–Trinajstić information content (AvgIpc) is 3.18. The smallest absolute Gasteiger partial charge is 0.306 e. The van der Waals surface area contributed by atoms with Crippen molar-refractivity contribution in [2.45, 2.75) is 38.1 Å². The number of piperidine rings is 1. The Morgan fingerprint density at radius 1 is 1.38 bits per heavy atom. The molecule has 140 valence electrons. The fourth-order valence-corrected chi connectivity index (χ4v) is 4.01. The maximum absolute atomic E-state index is 12.3. The molecule has 6 nitrogen and oxygen atoms in total. The lowest BCUT2D eigenvalue weighted by molar-refractivity contribution is -0.140. The second-order valence-electron chi connectivity index (χ2n) is 6.52. The highest BCUT2D eigenvalue weighted by Crippen LogP contribution is 2.34. The lowest BCUT2D eigenvalue weighted by atomic mass is 9.94. The summed E-state index contributed by atoms with van der Waals surface area (Å²) in [7, 11) is 1.32. The molecule has 1 aliphatic heterocycles. The summed E-state index contributed by atoms with van der Waals surface area (Å²) in [6, 6.07) is 3.20. The van der Waals surface area contributed by atoms with Gasteiger partial charge < -0.3 is 14.3 Å². The van der Waals surface area contributed by atoms with Crippen molar-refractivity contribution in [3.63, 3.8) is 0 Å². The number of esters is 1. The van der Waals surface area contributed by atoms with E-state index in [9.17, 15) is 14.7 Å². The molecule has 26 heavy (non-hydrogen) atoms. The highest BCUT2D eigenvalue weighted by atomic mass is 32.1. The Morgan fingerprint density at radius 2 is 2.15 bits per heavy atom. The molecular formula is C19H23NO5S. The van der Waals surface area contributed by atoms with Crippen molar-refractivity contribution in [1.29, 1.82) is 0 Å². The predicted molar refractivity (Wildman–Crippen MR) is 98.6 cm³/mol. The molecule has 1 N–H and O–H groups in total. The third kappa shape index (κ3) is 4.34. The second-order valence-corrected chi connectivity index (χ2v) is 7.30. The van der Waals surface area contributed by atoms with Crippen LogP contribution in [0.15, 0.2) is 32.1 Å². The number of hydrogen-bond donors (Lipinski definition) is 1. The molecule has 0 amide bonds. The number of carbonyl (C=O) groups is 1. The van der Waals surface area contributed by atoms with E-state index in [-0.39, 0.29) is 12.2 Å². The molecule has 2 aromatic heterocycles. The summed E-state index contributed by atoms with van der Waals surface area (Å²) in [5, 5.41) is 14.1. The van der Waals surface area contributed by atoms with Gasteiger partial charge in [-0.25, -0.2) is 0 Å². The van der Waals surface area contributed by atoms with Gasteiger partial charge in [-0.3, -0.25) is 14.5 Å². The first-order valence-corrected chi connectivity index (χ1v) is 9.70. The molecule has 1 saturated heterocycles. The molecule has 0 spiro atoms. The summed E-state index contributed by atoms with van der Waals surface area (Å²) in [5.41, 5.74) is 0.331. The van der Waals surface area contributed by atoms with E-state index in [2.05, 4.69) is 4.90 Å². The van der Waals surface area contributed by atoms with Gasteiger partial charge in [0.15, 0.2) is 5.76 Å². The van der Waals surface area contributed by atoms with E-state index in [0.29, 0.717) is 12.3 Å². The van der Waals surface area contributed by atoms with Gasteiger partial charge in [0, 0.05) is 6.07 Å². The Balaban J connectivity index is 1.94. The lowest BCUT2D eigenvalue weighted by Gasteiger charge is -2.26. The van der Waals surface area contributed by atoms with Crippen LogP contribution in [0, 0.1) is 0 Å². The largest absolute Gasteiger partial charge is 0.502 e. The van der Waals surface area contributed by atoms with Crippen LogP contribution in [-0.4, -0.2) is 36.2 Å². The van der Waals surface area contributed by atoms with E-state index in [1.807, 2.05) is 16.8 Å². The van der Waals surface area contributed by atoms with Gasteiger partial charge in [-0.05, 0) is 48.3 Å². The van der Waals surface area contributed by atoms with Crippen LogP contribution in [0.4, 0.5) is 0 Å². The molecule has 0 bridgehead atoms. The van der Waals surface area contributed by atoms with Gasteiger partial charge >= 0.3 is 5.97 Å². The van der Waals surface area contributed by atoms with Crippen LogP contribution in [0.25, 0.3) is 0 Å². The number of likely N-dealkylation sites (tertiary alicyclic amines) is 1. The number of carbonyl (C=O) groups excluding carboxylic acids is 1. The minimum atomic E-state index is -0.553. The number of methoxy groups -OCH3 is 1. The van der Waals surface area contributed by atoms with E-state index in [0.717, 1.165) is 31.5 Å². The van der Waals surface area contributed by atoms with Crippen LogP contribution in [-0.2, 0) is 16.1 Å². The highest BCUT2D eigenvalue weighted by Gasteiger charge is 2.27. The van der Waals surface area contributed by atoms with E-state index in [1.54, 1.807) is 0 Å². The van der Waals surface area contributed by atoms with Crippen molar-refractivity contribution < 1.29 is 19.1 Å². The van der Waals surface area contributed by atoms with Gasteiger partial charge in [0.1, 0.15) is 5.76 Å². The first kappa shape index (κ1) is 18.7. The maximum atomic E-state index is 12.3.